The van der Waals surface area contributed by atoms with E-state index in [-0.39, 0.29) is 5.38 Å². The second-order valence-corrected chi connectivity index (χ2v) is 5.86. The van der Waals surface area contributed by atoms with Gasteiger partial charge in [-0.1, -0.05) is 28.1 Å². The first kappa shape index (κ1) is 14.5. The molecule has 0 N–H and O–H groups in total. The fourth-order valence-corrected chi connectivity index (χ4v) is 2.72. The predicted molar refractivity (Wildman–Crippen MR) is 77.5 cm³/mol. The molecule has 0 radical (unpaired) electrons. The van der Waals surface area contributed by atoms with Crippen LogP contribution < -0.4 is 0 Å². The average molecular weight is 346 g/mol. The Morgan fingerprint density at radius 2 is 1.84 bits per heavy atom. The molecule has 1 atom stereocenters. The lowest BCUT2D eigenvalue weighted by molar-refractivity contribution is 0.507. The van der Waals surface area contributed by atoms with Crippen molar-refractivity contribution < 1.29 is 8.78 Å². The molecule has 0 aliphatic rings. The summed E-state index contributed by atoms with van der Waals surface area (Å²) in [4.78, 5) is 0. The van der Waals surface area contributed by atoms with Crippen molar-refractivity contribution >= 4 is 27.5 Å². The van der Waals surface area contributed by atoms with E-state index in [1.807, 2.05) is 25.1 Å². The van der Waals surface area contributed by atoms with Gasteiger partial charge < -0.3 is 0 Å². The van der Waals surface area contributed by atoms with Crippen LogP contribution in [0.3, 0.4) is 0 Å². The summed E-state index contributed by atoms with van der Waals surface area (Å²) in [5, 5.41) is -0.276. The largest absolute Gasteiger partial charge is 0.204 e. The van der Waals surface area contributed by atoms with Crippen molar-refractivity contribution in [3.8, 4) is 0 Å². The monoisotopic (exact) mass is 344 g/mol. The third-order valence-electron chi connectivity index (χ3n) is 2.98. The molecule has 100 valence electrons. The lowest BCUT2D eigenvalue weighted by Crippen LogP contribution is -1.99. The van der Waals surface area contributed by atoms with Gasteiger partial charge in [-0.15, -0.1) is 11.6 Å². The van der Waals surface area contributed by atoms with E-state index in [2.05, 4.69) is 15.9 Å². The highest BCUT2D eigenvalue weighted by molar-refractivity contribution is 9.10. The van der Waals surface area contributed by atoms with Gasteiger partial charge in [0.05, 0.1) is 5.38 Å². The molecule has 0 heterocycles. The van der Waals surface area contributed by atoms with Gasteiger partial charge in [-0.05, 0) is 54.3 Å². The summed E-state index contributed by atoms with van der Waals surface area (Å²) in [6.45, 7) is 1.97. The highest BCUT2D eigenvalue weighted by Crippen LogP contribution is 2.30. The van der Waals surface area contributed by atoms with Gasteiger partial charge in [-0.3, -0.25) is 0 Å². The highest BCUT2D eigenvalue weighted by atomic mass is 79.9. The summed E-state index contributed by atoms with van der Waals surface area (Å²) in [6.07, 6.45) is 0.454. The van der Waals surface area contributed by atoms with Crippen LogP contribution in [0.1, 0.15) is 22.1 Å². The van der Waals surface area contributed by atoms with E-state index < -0.39 is 11.6 Å². The Balaban J connectivity index is 2.22. The van der Waals surface area contributed by atoms with E-state index in [1.54, 1.807) is 6.07 Å². The second kappa shape index (κ2) is 6.02. The van der Waals surface area contributed by atoms with Crippen molar-refractivity contribution in [2.75, 3.05) is 0 Å². The quantitative estimate of drug-likeness (QED) is 0.639. The fraction of sp³-hybridized carbons (Fsp3) is 0.200. The molecule has 0 fully saturated rings. The fourth-order valence-electron chi connectivity index (χ4n) is 1.93. The van der Waals surface area contributed by atoms with Gasteiger partial charge in [0.1, 0.15) is 0 Å². The lowest BCUT2D eigenvalue weighted by Gasteiger charge is -2.13. The summed E-state index contributed by atoms with van der Waals surface area (Å²) in [6, 6.07) is 9.74. The van der Waals surface area contributed by atoms with Crippen LogP contribution in [0.2, 0.25) is 0 Å². The average Bonchev–Trinajstić information content (AvgIpc) is 2.36. The second-order valence-electron chi connectivity index (χ2n) is 4.42. The molecule has 0 aliphatic carbocycles. The molecule has 2 rings (SSSR count). The van der Waals surface area contributed by atoms with Crippen LogP contribution in [-0.2, 0) is 6.42 Å². The first-order valence-corrected chi connectivity index (χ1v) is 7.04. The number of rotatable bonds is 3. The zero-order chi connectivity index (χ0) is 14.0. The van der Waals surface area contributed by atoms with E-state index in [0.29, 0.717) is 12.0 Å². The van der Waals surface area contributed by atoms with Crippen molar-refractivity contribution in [2.45, 2.75) is 18.7 Å². The van der Waals surface area contributed by atoms with Crippen molar-refractivity contribution in [2.24, 2.45) is 0 Å². The SMILES string of the molecule is Cc1ccc(Br)cc1C(Cl)Cc1ccc(F)c(F)c1. The van der Waals surface area contributed by atoms with Gasteiger partial charge in [-0.25, -0.2) is 8.78 Å². The van der Waals surface area contributed by atoms with Gasteiger partial charge in [0.2, 0.25) is 0 Å². The Morgan fingerprint density at radius 1 is 1.11 bits per heavy atom. The molecule has 0 saturated heterocycles. The van der Waals surface area contributed by atoms with E-state index in [9.17, 15) is 8.78 Å². The molecule has 1 unspecified atom stereocenters. The van der Waals surface area contributed by atoms with Gasteiger partial charge in [-0.2, -0.15) is 0 Å². The van der Waals surface area contributed by atoms with Crippen molar-refractivity contribution in [1.29, 1.82) is 0 Å². The number of hydrogen-bond acceptors (Lipinski definition) is 0. The van der Waals surface area contributed by atoms with Crippen LogP contribution in [0.5, 0.6) is 0 Å². The van der Waals surface area contributed by atoms with E-state index in [1.165, 1.54) is 6.07 Å². The molecule has 2 aromatic carbocycles. The first-order chi connectivity index (χ1) is 8.97. The Morgan fingerprint density at radius 3 is 2.53 bits per heavy atom. The summed E-state index contributed by atoms with van der Waals surface area (Å²) >= 11 is 9.78. The molecule has 2 aromatic rings. The van der Waals surface area contributed by atoms with Crippen LogP contribution in [-0.4, -0.2) is 0 Å². The summed E-state index contributed by atoms with van der Waals surface area (Å²) in [5.41, 5.74) is 2.74. The third-order valence-corrected chi connectivity index (χ3v) is 3.86. The number of aryl methyl sites for hydroxylation is 1. The maximum absolute atomic E-state index is 13.1. The van der Waals surface area contributed by atoms with E-state index in [4.69, 9.17) is 11.6 Å². The molecule has 0 spiro atoms. The maximum atomic E-state index is 13.1. The molecule has 0 aromatic heterocycles. The zero-order valence-corrected chi connectivity index (χ0v) is 12.6. The minimum Gasteiger partial charge on any atom is -0.204 e. The van der Waals surface area contributed by atoms with Gasteiger partial charge in [0.25, 0.3) is 0 Å². The van der Waals surface area contributed by atoms with E-state index in [0.717, 1.165) is 21.7 Å². The van der Waals surface area contributed by atoms with E-state index >= 15 is 0 Å². The smallest absolute Gasteiger partial charge is 0.159 e. The molecular weight excluding hydrogens is 334 g/mol. The van der Waals surface area contributed by atoms with Crippen LogP contribution in [0, 0.1) is 18.6 Å². The third kappa shape index (κ3) is 3.54. The summed E-state index contributed by atoms with van der Waals surface area (Å²) < 4.78 is 27.0. The maximum Gasteiger partial charge on any atom is 0.159 e. The standard InChI is InChI=1S/C15H12BrClF2/c1-9-2-4-11(16)8-12(9)13(17)6-10-3-5-14(18)15(19)7-10/h2-5,7-8,13H,6H2,1H3. The Labute approximate surface area is 124 Å². The highest BCUT2D eigenvalue weighted by Gasteiger charge is 2.13. The molecule has 0 bridgehead atoms. The number of benzene rings is 2. The molecule has 19 heavy (non-hydrogen) atoms. The number of halogens is 4. The minimum atomic E-state index is -0.840. The molecule has 0 aliphatic heterocycles. The molecule has 0 amide bonds. The van der Waals surface area contributed by atoms with Crippen LogP contribution in [0.4, 0.5) is 8.78 Å². The lowest BCUT2D eigenvalue weighted by atomic mass is 10.00. The Bertz CT molecular complexity index is 599. The minimum absolute atomic E-state index is 0.276. The molecule has 0 saturated carbocycles. The Kier molecular flexibility index (Phi) is 4.58. The van der Waals surface area contributed by atoms with Crippen LogP contribution in [0.15, 0.2) is 40.9 Å². The zero-order valence-electron chi connectivity index (χ0n) is 10.3. The van der Waals surface area contributed by atoms with Crippen LogP contribution in [0.25, 0.3) is 0 Å². The number of hydrogen-bond donors (Lipinski definition) is 0. The topological polar surface area (TPSA) is 0 Å². The first-order valence-electron chi connectivity index (χ1n) is 5.81. The van der Waals surface area contributed by atoms with Gasteiger partial charge >= 0.3 is 0 Å². The summed E-state index contributed by atoms with van der Waals surface area (Å²) in [7, 11) is 0. The van der Waals surface area contributed by atoms with Gasteiger partial charge in [0, 0.05) is 4.47 Å². The normalized spacial score (nSPS) is 12.5. The van der Waals surface area contributed by atoms with Crippen molar-refractivity contribution in [3.63, 3.8) is 0 Å². The molecule has 0 nitrogen and oxygen atoms in total. The number of alkyl halides is 1. The molecule has 4 heteroatoms. The summed E-state index contributed by atoms with van der Waals surface area (Å²) in [5.74, 6) is -1.68. The Hall–Kier alpha value is -0.930. The van der Waals surface area contributed by atoms with Crippen molar-refractivity contribution in [1.82, 2.24) is 0 Å². The van der Waals surface area contributed by atoms with Crippen molar-refractivity contribution in [3.05, 3.63) is 69.2 Å². The van der Waals surface area contributed by atoms with Crippen LogP contribution >= 0.6 is 27.5 Å². The van der Waals surface area contributed by atoms with Gasteiger partial charge in [0.15, 0.2) is 11.6 Å². The molecular formula is C15H12BrClF2. The predicted octanol–water partition coefficient (Wildman–Crippen LogP) is 5.56.